The van der Waals surface area contributed by atoms with Crippen LogP contribution in [0.25, 0.3) is 6.08 Å². The Bertz CT molecular complexity index is 980. The topological polar surface area (TPSA) is 108 Å². The highest BCUT2D eigenvalue weighted by molar-refractivity contribution is 8.18. The van der Waals surface area contributed by atoms with Gasteiger partial charge in [-0.05, 0) is 35.0 Å². The Morgan fingerprint density at radius 2 is 1.77 bits per heavy atom. The second kappa shape index (κ2) is 11.1. The maximum atomic E-state index is 12.4. The fraction of sp³-hybridized carbons (Fsp3) is 0.227. The Kier molecular flexibility index (Phi) is 7.94. The highest BCUT2D eigenvalue weighted by Crippen LogP contribution is 2.31. The van der Waals surface area contributed by atoms with Crippen LogP contribution in [-0.2, 0) is 20.8 Å². The average molecular weight is 439 g/mol. The van der Waals surface area contributed by atoms with Crippen LogP contribution in [0.4, 0.5) is 4.79 Å². The number of amides is 4. The number of nitrogens with one attached hydrogen (secondary N) is 2. The van der Waals surface area contributed by atoms with Crippen molar-refractivity contribution in [3.8, 4) is 0 Å². The highest BCUT2D eigenvalue weighted by atomic mass is 32.2. The zero-order chi connectivity index (χ0) is 22.1. The second-order valence-electron chi connectivity index (χ2n) is 6.73. The third-order valence-corrected chi connectivity index (χ3v) is 5.30. The molecule has 0 aliphatic carbocycles. The van der Waals surface area contributed by atoms with Gasteiger partial charge in [-0.2, -0.15) is 0 Å². The highest BCUT2D eigenvalue weighted by Gasteiger charge is 2.34. The van der Waals surface area contributed by atoms with Crippen molar-refractivity contribution in [3.63, 3.8) is 0 Å². The minimum Gasteiger partial charge on any atom is -0.355 e. The molecule has 2 N–H and O–H groups in total. The number of benzene rings is 1. The Morgan fingerprint density at radius 3 is 2.52 bits per heavy atom. The predicted molar refractivity (Wildman–Crippen MR) is 118 cm³/mol. The van der Waals surface area contributed by atoms with E-state index in [1.165, 1.54) is 0 Å². The van der Waals surface area contributed by atoms with Gasteiger partial charge in [0, 0.05) is 38.4 Å². The summed E-state index contributed by atoms with van der Waals surface area (Å²) in [7, 11) is 0. The number of carbonyl (C=O) groups is 4. The molecule has 4 amide bonds. The van der Waals surface area contributed by atoms with Gasteiger partial charge in [-0.15, -0.1) is 0 Å². The lowest BCUT2D eigenvalue weighted by atomic mass is 10.1. The average Bonchev–Trinajstić information content (AvgIpc) is 3.02. The number of imide groups is 1. The monoisotopic (exact) mass is 438 g/mol. The SMILES string of the molecule is O=C(CCNC(=O)Cc1ccccc1)NCCN1C(=O)S/C(=C\c2cccnc2)C1=O. The summed E-state index contributed by atoms with van der Waals surface area (Å²) in [5.74, 6) is -0.809. The van der Waals surface area contributed by atoms with E-state index in [1.54, 1.807) is 30.6 Å². The van der Waals surface area contributed by atoms with Crippen molar-refractivity contribution in [3.05, 3.63) is 70.9 Å². The second-order valence-corrected chi connectivity index (χ2v) is 7.73. The Balaban J connectivity index is 1.36. The number of carbonyl (C=O) groups excluding carboxylic acids is 4. The zero-order valence-electron chi connectivity index (χ0n) is 16.7. The van der Waals surface area contributed by atoms with Gasteiger partial charge < -0.3 is 10.6 Å². The summed E-state index contributed by atoms with van der Waals surface area (Å²) in [6.45, 7) is 0.448. The maximum absolute atomic E-state index is 12.4. The molecule has 1 aliphatic rings. The summed E-state index contributed by atoms with van der Waals surface area (Å²) in [6.07, 6.45) is 5.22. The van der Waals surface area contributed by atoms with Crippen molar-refractivity contribution < 1.29 is 19.2 Å². The molecule has 1 aromatic heterocycles. The lowest BCUT2D eigenvalue weighted by molar-refractivity contribution is -0.124. The van der Waals surface area contributed by atoms with Gasteiger partial charge in [-0.3, -0.25) is 29.1 Å². The first-order chi connectivity index (χ1) is 15.0. The van der Waals surface area contributed by atoms with E-state index in [-0.39, 0.29) is 55.4 Å². The summed E-state index contributed by atoms with van der Waals surface area (Å²) in [5, 5.41) is 4.99. The van der Waals surface area contributed by atoms with Gasteiger partial charge in [0.25, 0.3) is 11.1 Å². The molecule has 0 radical (unpaired) electrons. The van der Waals surface area contributed by atoms with E-state index in [0.717, 1.165) is 27.8 Å². The van der Waals surface area contributed by atoms with Crippen LogP contribution in [0.3, 0.4) is 0 Å². The predicted octanol–water partition coefficient (Wildman–Crippen LogP) is 1.98. The van der Waals surface area contributed by atoms with Crippen molar-refractivity contribution >= 4 is 40.8 Å². The van der Waals surface area contributed by atoms with Crippen LogP contribution in [0.5, 0.6) is 0 Å². The van der Waals surface area contributed by atoms with Gasteiger partial charge in [0.15, 0.2) is 0 Å². The molecule has 0 spiro atoms. The van der Waals surface area contributed by atoms with E-state index in [4.69, 9.17) is 0 Å². The molecule has 2 aromatic rings. The summed E-state index contributed by atoms with van der Waals surface area (Å²) in [5.41, 5.74) is 1.63. The van der Waals surface area contributed by atoms with Crippen molar-refractivity contribution in [2.24, 2.45) is 0 Å². The molecule has 2 heterocycles. The molecule has 0 atom stereocenters. The molecule has 8 nitrogen and oxygen atoms in total. The molecule has 9 heteroatoms. The zero-order valence-corrected chi connectivity index (χ0v) is 17.6. The van der Waals surface area contributed by atoms with Crippen LogP contribution in [0, 0.1) is 0 Å². The molecule has 3 rings (SSSR count). The summed E-state index contributed by atoms with van der Waals surface area (Å²) in [6, 6.07) is 12.9. The van der Waals surface area contributed by atoms with E-state index in [1.807, 2.05) is 30.3 Å². The van der Waals surface area contributed by atoms with Gasteiger partial charge in [-0.25, -0.2) is 0 Å². The van der Waals surface area contributed by atoms with E-state index < -0.39 is 0 Å². The first kappa shape index (κ1) is 22.2. The van der Waals surface area contributed by atoms with Crippen molar-refractivity contribution in [2.45, 2.75) is 12.8 Å². The lowest BCUT2D eigenvalue weighted by Crippen LogP contribution is -2.38. The minimum absolute atomic E-state index is 0.0845. The number of rotatable bonds is 9. The number of nitrogens with zero attached hydrogens (tertiary/aromatic N) is 2. The largest absolute Gasteiger partial charge is 0.355 e. The number of thioether (sulfide) groups is 1. The van der Waals surface area contributed by atoms with Crippen molar-refractivity contribution in [1.82, 2.24) is 20.5 Å². The van der Waals surface area contributed by atoms with Gasteiger partial charge in [-0.1, -0.05) is 36.4 Å². The van der Waals surface area contributed by atoms with Crippen LogP contribution in [0.2, 0.25) is 0 Å². The summed E-state index contributed by atoms with van der Waals surface area (Å²) >= 11 is 0.864. The quantitative estimate of drug-likeness (QED) is 0.580. The number of hydrogen-bond donors (Lipinski definition) is 2. The van der Waals surface area contributed by atoms with E-state index >= 15 is 0 Å². The third kappa shape index (κ3) is 6.78. The molecule has 0 unspecified atom stereocenters. The van der Waals surface area contributed by atoms with E-state index in [2.05, 4.69) is 15.6 Å². The molecule has 1 saturated heterocycles. The van der Waals surface area contributed by atoms with Crippen molar-refractivity contribution in [1.29, 1.82) is 0 Å². The number of hydrogen-bond acceptors (Lipinski definition) is 6. The van der Waals surface area contributed by atoms with E-state index in [0.29, 0.717) is 4.91 Å². The van der Waals surface area contributed by atoms with Crippen LogP contribution < -0.4 is 10.6 Å². The van der Waals surface area contributed by atoms with Gasteiger partial charge in [0.1, 0.15) is 0 Å². The maximum Gasteiger partial charge on any atom is 0.293 e. The van der Waals surface area contributed by atoms with Gasteiger partial charge >= 0.3 is 0 Å². The molecular weight excluding hydrogens is 416 g/mol. The fourth-order valence-corrected chi connectivity index (χ4v) is 3.73. The fourth-order valence-electron chi connectivity index (χ4n) is 2.86. The standard InChI is InChI=1S/C22H22N4O4S/c27-19(8-10-24-20(28)14-16-5-2-1-3-6-16)25-11-12-26-21(29)18(31-22(26)30)13-17-7-4-9-23-15-17/h1-7,9,13,15H,8,10-12,14H2,(H,24,28)(H,25,27)/b18-13-. The Hall–Kier alpha value is -3.46. The molecule has 1 aromatic carbocycles. The smallest absolute Gasteiger partial charge is 0.293 e. The van der Waals surface area contributed by atoms with Crippen LogP contribution >= 0.6 is 11.8 Å². The molecule has 0 saturated carbocycles. The van der Waals surface area contributed by atoms with Gasteiger partial charge in [0.2, 0.25) is 11.8 Å². The minimum atomic E-state index is -0.388. The van der Waals surface area contributed by atoms with E-state index in [9.17, 15) is 19.2 Å². The summed E-state index contributed by atoms with van der Waals surface area (Å²) < 4.78 is 0. The van der Waals surface area contributed by atoms with Gasteiger partial charge in [0.05, 0.1) is 11.3 Å². The number of aromatic nitrogens is 1. The number of pyridine rings is 1. The Morgan fingerprint density at radius 1 is 1.00 bits per heavy atom. The molecule has 160 valence electrons. The first-order valence-electron chi connectivity index (χ1n) is 9.75. The van der Waals surface area contributed by atoms with Crippen LogP contribution in [-0.4, -0.2) is 52.5 Å². The molecular formula is C22H22N4O4S. The summed E-state index contributed by atoms with van der Waals surface area (Å²) in [4.78, 5) is 53.8. The lowest BCUT2D eigenvalue weighted by Gasteiger charge is -2.13. The van der Waals surface area contributed by atoms with Crippen LogP contribution in [0.15, 0.2) is 59.8 Å². The first-order valence-corrected chi connectivity index (χ1v) is 10.6. The van der Waals surface area contributed by atoms with Crippen LogP contribution in [0.1, 0.15) is 17.5 Å². The van der Waals surface area contributed by atoms with Crippen molar-refractivity contribution in [2.75, 3.05) is 19.6 Å². The molecule has 0 bridgehead atoms. The molecule has 31 heavy (non-hydrogen) atoms. The molecule has 1 fully saturated rings. The Labute approximate surface area is 184 Å². The third-order valence-electron chi connectivity index (χ3n) is 4.40. The normalized spacial score (nSPS) is 14.7. The molecule has 1 aliphatic heterocycles.